The van der Waals surface area contributed by atoms with Crippen LogP contribution < -0.4 is 0 Å². The summed E-state index contributed by atoms with van der Waals surface area (Å²) in [5, 5.41) is 10.8. The molecule has 7 heteroatoms. The highest BCUT2D eigenvalue weighted by molar-refractivity contribution is 5.83. The van der Waals surface area contributed by atoms with Crippen LogP contribution in [0.15, 0.2) is 36.1 Å². The standard InChI is InChI=1S/C14H15NO6/c1-3-20-13(16)8-10(2)21-14(17)9-11-6-4-5-7-12(11)15(18)19/h4-8H,3,9H2,1-2H3. The Morgan fingerprint density at radius 2 is 2.00 bits per heavy atom. The third kappa shape index (κ3) is 5.43. The van der Waals surface area contributed by atoms with Crippen LogP contribution in [-0.2, 0) is 25.5 Å². The molecule has 0 aromatic heterocycles. The molecule has 112 valence electrons. The van der Waals surface area contributed by atoms with Crippen LogP contribution in [0.1, 0.15) is 19.4 Å². The number of carbonyl (C=O) groups excluding carboxylic acids is 2. The normalized spacial score (nSPS) is 10.9. The number of rotatable bonds is 6. The third-order valence-electron chi connectivity index (χ3n) is 2.41. The largest absolute Gasteiger partial charge is 0.463 e. The Bertz CT molecular complexity index is 579. The predicted molar refractivity (Wildman–Crippen MR) is 73.3 cm³/mol. The highest BCUT2D eigenvalue weighted by Gasteiger charge is 2.16. The lowest BCUT2D eigenvalue weighted by Crippen LogP contribution is -2.10. The summed E-state index contributed by atoms with van der Waals surface area (Å²) in [6.45, 7) is 3.29. The van der Waals surface area contributed by atoms with Gasteiger partial charge in [0.25, 0.3) is 5.69 Å². The maximum atomic E-state index is 11.7. The van der Waals surface area contributed by atoms with Gasteiger partial charge in [-0.2, -0.15) is 0 Å². The van der Waals surface area contributed by atoms with E-state index >= 15 is 0 Å². The maximum absolute atomic E-state index is 11.7. The molecule has 0 aliphatic carbocycles. The number of hydrogen-bond donors (Lipinski definition) is 0. The van der Waals surface area contributed by atoms with Gasteiger partial charge in [-0.05, 0) is 13.8 Å². The van der Waals surface area contributed by atoms with Crippen LogP contribution in [0.4, 0.5) is 5.69 Å². The molecule has 0 heterocycles. The summed E-state index contributed by atoms with van der Waals surface area (Å²) in [5.41, 5.74) is 0.0953. The summed E-state index contributed by atoms with van der Waals surface area (Å²) in [5.74, 6) is -1.24. The number of esters is 2. The lowest BCUT2D eigenvalue weighted by molar-refractivity contribution is -0.385. The summed E-state index contributed by atoms with van der Waals surface area (Å²) in [6, 6.07) is 5.89. The fourth-order valence-electron chi connectivity index (χ4n) is 1.59. The number of nitro groups is 1. The van der Waals surface area contributed by atoms with Gasteiger partial charge >= 0.3 is 11.9 Å². The van der Waals surface area contributed by atoms with Gasteiger partial charge in [0.05, 0.1) is 24.0 Å². The van der Waals surface area contributed by atoms with E-state index in [0.717, 1.165) is 6.08 Å². The van der Waals surface area contributed by atoms with Crippen molar-refractivity contribution in [1.29, 1.82) is 0 Å². The van der Waals surface area contributed by atoms with E-state index in [0.29, 0.717) is 0 Å². The molecule has 0 atom stereocenters. The maximum Gasteiger partial charge on any atom is 0.334 e. The lowest BCUT2D eigenvalue weighted by Gasteiger charge is -2.05. The van der Waals surface area contributed by atoms with E-state index in [1.165, 1.54) is 25.1 Å². The van der Waals surface area contributed by atoms with Crippen LogP contribution in [0.5, 0.6) is 0 Å². The summed E-state index contributed by atoms with van der Waals surface area (Å²) < 4.78 is 9.57. The number of nitro benzene ring substituents is 1. The van der Waals surface area contributed by atoms with Crippen molar-refractivity contribution in [3.63, 3.8) is 0 Å². The summed E-state index contributed by atoms with van der Waals surface area (Å²) in [6.07, 6.45) is 0.784. The summed E-state index contributed by atoms with van der Waals surface area (Å²) in [4.78, 5) is 33.1. The Labute approximate surface area is 121 Å². The van der Waals surface area contributed by atoms with Crippen molar-refractivity contribution in [1.82, 2.24) is 0 Å². The summed E-state index contributed by atoms with van der Waals surface area (Å²) >= 11 is 0. The lowest BCUT2D eigenvalue weighted by atomic mass is 10.1. The first-order chi connectivity index (χ1) is 9.93. The minimum atomic E-state index is -0.692. The molecule has 0 saturated carbocycles. The predicted octanol–water partition coefficient (Wildman–Crippen LogP) is 2.15. The topological polar surface area (TPSA) is 95.7 Å². The number of nitrogens with zero attached hydrogens (tertiary/aromatic N) is 1. The fourth-order valence-corrected chi connectivity index (χ4v) is 1.59. The van der Waals surface area contributed by atoms with Crippen molar-refractivity contribution in [3.8, 4) is 0 Å². The molecule has 0 N–H and O–H groups in total. The molecule has 7 nitrogen and oxygen atoms in total. The quantitative estimate of drug-likeness (QED) is 0.262. The molecule has 0 fully saturated rings. The minimum Gasteiger partial charge on any atom is -0.463 e. The van der Waals surface area contributed by atoms with Crippen molar-refractivity contribution in [2.45, 2.75) is 20.3 Å². The van der Waals surface area contributed by atoms with E-state index in [2.05, 4.69) is 4.74 Å². The molecule has 1 aromatic rings. The molecule has 0 amide bonds. The van der Waals surface area contributed by atoms with E-state index in [-0.39, 0.29) is 30.0 Å². The molecular weight excluding hydrogens is 278 g/mol. The molecule has 0 aliphatic heterocycles. The second kappa shape index (κ2) is 7.78. The molecule has 0 bridgehead atoms. The van der Waals surface area contributed by atoms with Crippen LogP contribution in [0, 0.1) is 10.1 Å². The van der Waals surface area contributed by atoms with Gasteiger partial charge in [0, 0.05) is 11.6 Å². The molecule has 1 aromatic carbocycles. The van der Waals surface area contributed by atoms with E-state index in [4.69, 9.17) is 4.74 Å². The Kier molecular flexibility index (Phi) is 6.06. The number of ether oxygens (including phenoxy) is 2. The molecule has 0 saturated heterocycles. The van der Waals surface area contributed by atoms with Gasteiger partial charge < -0.3 is 9.47 Å². The molecule has 0 spiro atoms. The van der Waals surface area contributed by atoms with E-state index in [1.807, 2.05) is 0 Å². The van der Waals surface area contributed by atoms with Crippen LogP contribution in [0.2, 0.25) is 0 Å². The van der Waals surface area contributed by atoms with Crippen LogP contribution >= 0.6 is 0 Å². The minimum absolute atomic E-state index is 0.0667. The Hall–Kier alpha value is -2.70. The van der Waals surface area contributed by atoms with Crippen LogP contribution in [-0.4, -0.2) is 23.5 Å². The number of hydrogen-bond acceptors (Lipinski definition) is 6. The SMILES string of the molecule is CCOC(=O)C=C(C)OC(=O)Cc1ccccc1[N+](=O)[O-]. The van der Waals surface area contributed by atoms with E-state index in [1.54, 1.807) is 13.0 Å². The molecule has 0 aliphatic rings. The Balaban J connectivity index is 2.70. The molecule has 1 rings (SSSR count). The van der Waals surface area contributed by atoms with Gasteiger partial charge in [-0.3, -0.25) is 14.9 Å². The van der Waals surface area contributed by atoms with Gasteiger partial charge in [0.2, 0.25) is 0 Å². The highest BCUT2D eigenvalue weighted by Crippen LogP contribution is 2.18. The first-order valence-electron chi connectivity index (χ1n) is 6.22. The van der Waals surface area contributed by atoms with Crippen molar-refractivity contribution in [3.05, 3.63) is 51.8 Å². The van der Waals surface area contributed by atoms with Gasteiger partial charge in [-0.15, -0.1) is 0 Å². The molecule has 21 heavy (non-hydrogen) atoms. The zero-order valence-electron chi connectivity index (χ0n) is 11.7. The smallest absolute Gasteiger partial charge is 0.334 e. The second-order valence-corrected chi connectivity index (χ2v) is 4.04. The fraction of sp³-hybridized carbons (Fsp3) is 0.286. The van der Waals surface area contributed by atoms with Crippen molar-refractivity contribution >= 4 is 17.6 Å². The summed E-state index contributed by atoms with van der Waals surface area (Å²) in [7, 11) is 0. The first-order valence-corrected chi connectivity index (χ1v) is 6.22. The molecule has 0 radical (unpaired) electrons. The van der Waals surface area contributed by atoms with Gasteiger partial charge in [0.1, 0.15) is 5.76 Å². The second-order valence-electron chi connectivity index (χ2n) is 4.04. The number of para-hydroxylation sites is 1. The monoisotopic (exact) mass is 293 g/mol. The number of benzene rings is 1. The molecule has 0 unspecified atom stereocenters. The highest BCUT2D eigenvalue weighted by atomic mass is 16.6. The number of allylic oxidation sites excluding steroid dienone is 1. The third-order valence-corrected chi connectivity index (χ3v) is 2.41. The van der Waals surface area contributed by atoms with Crippen LogP contribution in [0.25, 0.3) is 0 Å². The zero-order chi connectivity index (χ0) is 15.8. The molecular formula is C14H15NO6. The van der Waals surface area contributed by atoms with Crippen LogP contribution in [0.3, 0.4) is 0 Å². The van der Waals surface area contributed by atoms with Gasteiger partial charge in [-0.25, -0.2) is 4.79 Å². The zero-order valence-corrected chi connectivity index (χ0v) is 11.7. The Morgan fingerprint density at radius 1 is 1.33 bits per heavy atom. The Morgan fingerprint density at radius 3 is 2.62 bits per heavy atom. The average molecular weight is 293 g/mol. The average Bonchev–Trinajstić information content (AvgIpc) is 2.38. The van der Waals surface area contributed by atoms with Crippen molar-refractivity contribution in [2.24, 2.45) is 0 Å². The van der Waals surface area contributed by atoms with Crippen molar-refractivity contribution in [2.75, 3.05) is 6.61 Å². The number of carbonyl (C=O) groups is 2. The van der Waals surface area contributed by atoms with Gasteiger partial charge in [-0.1, -0.05) is 18.2 Å². The van der Waals surface area contributed by atoms with E-state index in [9.17, 15) is 19.7 Å². The van der Waals surface area contributed by atoms with Gasteiger partial charge in [0.15, 0.2) is 0 Å². The van der Waals surface area contributed by atoms with Crippen molar-refractivity contribution < 1.29 is 24.0 Å². The first kappa shape index (κ1) is 16.4. The van der Waals surface area contributed by atoms with E-state index < -0.39 is 16.9 Å².